The highest BCUT2D eigenvalue weighted by molar-refractivity contribution is 5.29. The molecule has 0 spiro atoms. The average molecular weight is 218 g/mol. The van der Waals surface area contributed by atoms with Gasteiger partial charge in [-0.3, -0.25) is 0 Å². The summed E-state index contributed by atoms with van der Waals surface area (Å²) in [7, 11) is 4.18. The highest BCUT2D eigenvalue weighted by atomic mass is 15.1. The van der Waals surface area contributed by atoms with Gasteiger partial charge >= 0.3 is 0 Å². The summed E-state index contributed by atoms with van der Waals surface area (Å²) in [6.45, 7) is 3.21. The molecule has 0 aromatic heterocycles. The summed E-state index contributed by atoms with van der Waals surface area (Å²) < 4.78 is 0. The van der Waals surface area contributed by atoms with Crippen LogP contribution in [0.15, 0.2) is 24.3 Å². The summed E-state index contributed by atoms with van der Waals surface area (Å²) in [5.41, 5.74) is 2.99. The first kappa shape index (κ1) is 11.6. The maximum absolute atomic E-state index is 3.18. The molecule has 16 heavy (non-hydrogen) atoms. The second kappa shape index (κ2) is 5.46. The van der Waals surface area contributed by atoms with Gasteiger partial charge in [0.25, 0.3) is 0 Å². The second-order valence-electron chi connectivity index (χ2n) is 4.86. The Labute approximate surface area is 98.7 Å². The Hall–Kier alpha value is -0.860. The van der Waals surface area contributed by atoms with E-state index in [2.05, 4.69) is 41.5 Å². The van der Waals surface area contributed by atoms with E-state index in [1.807, 2.05) is 7.05 Å². The Balaban J connectivity index is 1.90. The van der Waals surface area contributed by atoms with Crippen LogP contribution in [0.25, 0.3) is 0 Å². The largest absolute Gasteiger partial charge is 0.318 e. The zero-order valence-electron chi connectivity index (χ0n) is 10.4. The third kappa shape index (κ3) is 3.32. The van der Waals surface area contributed by atoms with Crippen LogP contribution in [-0.4, -0.2) is 32.1 Å². The lowest BCUT2D eigenvalue weighted by Crippen LogP contribution is -2.26. The quantitative estimate of drug-likeness (QED) is 0.787. The molecule has 1 saturated carbocycles. The Morgan fingerprint density at radius 3 is 2.88 bits per heavy atom. The lowest BCUT2D eigenvalue weighted by atomic mass is 10.1. The molecule has 0 amide bonds. The minimum absolute atomic E-state index is 0.863. The summed E-state index contributed by atoms with van der Waals surface area (Å²) in [5.74, 6) is 0.863. The van der Waals surface area contributed by atoms with Gasteiger partial charge in [-0.15, -0.1) is 0 Å². The molecule has 88 valence electrons. The lowest BCUT2D eigenvalue weighted by Gasteiger charge is -2.16. The molecule has 0 radical (unpaired) electrons. The van der Waals surface area contributed by atoms with Gasteiger partial charge in [-0.1, -0.05) is 24.3 Å². The third-order valence-electron chi connectivity index (χ3n) is 3.20. The Morgan fingerprint density at radius 2 is 2.19 bits per heavy atom. The van der Waals surface area contributed by atoms with Crippen LogP contribution in [0.3, 0.4) is 0 Å². The van der Waals surface area contributed by atoms with E-state index in [9.17, 15) is 0 Å². The van der Waals surface area contributed by atoms with E-state index in [4.69, 9.17) is 0 Å². The van der Waals surface area contributed by atoms with Crippen LogP contribution in [0, 0.1) is 0 Å². The van der Waals surface area contributed by atoms with Crippen molar-refractivity contribution in [3.8, 4) is 0 Å². The van der Waals surface area contributed by atoms with Crippen molar-refractivity contribution >= 4 is 0 Å². The number of hydrogen-bond donors (Lipinski definition) is 1. The van der Waals surface area contributed by atoms with Crippen molar-refractivity contribution in [3.63, 3.8) is 0 Å². The summed E-state index contributed by atoms with van der Waals surface area (Å²) in [4.78, 5) is 2.36. The predicted molar refractivity (Wildman–Crippen MR) is 68.7 cm³/mol. The Morgan fingerprint density at radius 1 is 1.38 bits per heavy atom. The SMILES string of the molecule is CNCCN(C)Cc1cccc(C2CC2)c1. The first-order valence-electron chi connectivity index (χ1n) is 6.21. The standard InChI is InChI=1S/C14H22N2/c1-15-8-9-16(2)11-12-4-3-5-14(10-12)13-6-7-13/h3-5,10,13,15H,6-9,11H2,1-2H3. The van der Waals surface area contributed by atoms with Crippen LogP contribution < -0.4 is 5.32 Å². The normalized spacial score (nSPS) is 15.7. The number of rotatable bonds is 6. The zero-order valence-corrected chi connectivity index (χ0v) is 10.4. The van der Waals surface area contributed by atoms with Crippen molar-refractivity contribution in [2.75, 3.05) is 27.2 Å². The van der Waals surface area contributed by atoms with Crippen molar-refractivity contribution in [2.45, 2.75) is 25.3 Å². The molecule has 0 atom stereocenters. The van der Waals surface area contributed by atoms with Crippen molar-refractivity contribution in [3.05, 3.63) is 35.4 Å². The molecule has 1 N–H and O–H groups in total. The van der Waals surface area contributed by atoms with E-state index in [0.717, 1.165) is 25.6 Å². The minimum atomic E-state index is 0.863. The molecule has 2 nitrogen and oxygen atoms in total. The molecule has 1 aliphatic rings. The van der Waals surface area contributed by atoms with E-state index >= 15 is 0 Å². The molecule has 1 aromatic rings. The van der Waals surface area contributed by atoms with Crippen LogP contribution in [0.4, 0.5) is 0 Å². The van der Waals surface area contributed by atoms with Gasteiger partial charge in [0, 0.05) is 19.6 Å². The van der Waals surface area contributed by atoms with E-state index in [0.29, 0.717) is 0 Å². The smallest absolute Gasteiger partial charge is 0.0231 e. The molecule has 0 saturated heterocycles. The number of benzene rings is 1. The van der Waals surface area contributed by atoms with E-state index in [-0.39, 0.29) is 0 Å². The third-order valence-corrected chi connectivity index (χ3v) is 3.20. The monoisotopic (exact) mass is 218 g/mol. The fourth-order valence-electron chi connectivity index (χ4n) is 2.06. The first-order chi connectivity index (χ1) is 7.79. The number of nitrogens with zero attached hydrogens (tertiary/aromatic N) is 1. The average Bonchev–Trinajstić information content (AvgIpc) is 3.10. The summed E-state index contributed by atoms with van der Waals surface area (Å²) in [5, 5.41) is 3.18. The van der Waals surface area contributed by atoms with E-state index < -0.39 is 0 Å². The van der Waals surface area contributed by atoms with Crippen molar-refractivity contribution in [1.29, 1.82) is 0 Å². The lowest BCUT2D eigenvalue weighted by molar-refractivity contribution is 0.328. The van der Waals surface area contributed by atoms with Crippen LogP contribution >= 0.6 is 0 Å². The van der Waals surface area contributed by atoms with Gasteiger partial charge in [-0.05, 0) is 44.0 Å². The van der Waals surface area contributed by atoms with E-state index in [1.165, 1.54) is 18.4 Å². The number of hydrogen-bond acceptors (Lipinski definition) is 2. The highest BCUT2D eigenvalue weighted by Gasteiger charge is 2.23. The van der Waals surface area contributed by atoms with Gasteiger partial charge < -0.3 is 10.2 Å². The van der Waals surface area contributed by atoms with Gasteiger partial charge in [-0.2, -0.15) is 0 Å². The van der Waals surface area contributed by atoms with Gasteiger partial charge in [0.15, 0.2) is 0 Å². The molecule has 1 aromatic carbocycles. The summed E-state index contributed by atoms with van der Waals surface area (Å²) in [6, 6.07) is 9.10. The molecule has 1 fully saturated rings. The maximum atomic E-state index is 3.18. The molecule has 2 rings (SSSR count). The van der Waals surface area contributed by atoms with Crippen molar-refractivity contribution in [2.24, 2.45) is 0 Å². The van der Waals surface area contributed by atoms with Crippen LogP contribution in [0.5, 0.6) is 0 Å². The van der Waals surface area contributed by atoms with Gasteiger partial charge in [0.2, 0.25) is 0 Å². The molecular weight excluding hydrogens is 196 g/mol. The Bertz CT molecular complexity index is 331. The zero-order chi connectivity index (χ0) is 11.4. The van der Waals surface area contributed by atoms with E-state index in [1.54, 1.807) is 5.56 Å². The molecular formula is C14H22N2. The first-order valence-corrected chi connectivity index (χ1v) is 6.21. The van der Waals surface area contributed by atoms with Gasteiger partial charge in [0.05, 0.1) is 0 Å². The fraction of sp³-hybridized carbons (Fsp3) is 0.571. The van der Waals surface area contributed by atoms with Crippen LogP contribution in [0.2, 0.25) is 0 Å². The van der Waals surface area contributed by atoms with Gasteiger partial charge in [-0.25, -0.2) is 0 Å². The number of nitrogens with one attached hydrogen (secondary N) is 1. The van der Waals surface area contributed by atoms with Crippen LogP contribution in [0.1, 0.15) is 29.9 Å². The fourth-order valence-corrected chi connectivity index (χ4v) is 2.06. The Kier molecular flexibility index (Phi) is 3.97. The predicted octanol–water partition coefficient (Wildman–Crippen LogP) is 2.22. The maximum Gasteiger partial charge on any atom is 0.0231 e. The van der Waals surface area contributed by atoms with Crippen LogP contribution in [-0.2, 0) is 6.54 Å². The molecule has 0 bridgehead atoms. The highest BCUT2D eigenvalue weighted by Crippen LogP contribution is 2.40. The summed E-state index contributed by atoms with van der Waals surface area (Å²) in [6.07, 6.45) is 2.78. The molecule has 0 aliphatic heterocycles. The molecule has 1 aliphatic carbocycles. The van der Waals surface area contributed by atoms with Gasteiger partial charge in [0.1, 0.15) is 0 Å². The second-order valence-corrected chi connectivity index (χ2v) is 4.86. The minimum Gasteiger partial charge on any atom is -0.318 e. The van der Waals surface area contributed by atoms with Crippen molar-refractivity contribution < 1.29 is 0 Å². The topological polar surface area (TPSA) is 15.3 Å². The summed E-state index contributed by atoms with van der Waals surface area (Å²) >= 11 is 0. The van der Waals surface area contributed by atoms with Crippen molar-refractivity contribution in [1.82, 2.24) is 10.2 Å². The molecule has 2 heteroatoms. The molecule has 0 heterocycles. The number of likely N-dealkylation sites (N-methyl/N-ethyl adjacent to an activating group) is 2. The molecule has 0 unspecified atom stereocenters.